The van der Waals surface area contributed by atoms with Gasteiger partial charge in [-0.3, -0.25) is 4.68 Å². The number of rotatable bonds is 4. The van der Waals surface area contributed by atoms with Gasteiger partial charge in [0.2, 0.25) is 0 Å². The maximum Gasteiger partial charge on any atom is 0.137 e. The van der Waals surface area contributed by atoms with Crippen molar-refractivity contribution >= 4 is 5.65 Å². The van der Waals surface area contributed by atoms with Crippen LogP contribution >= 0.6 is 0 Å². The average molecular weight is 309 g/mol. The van der Waals surface area contributed by atoms with Crippen molar-refractivity contribution in [3.05, 3.63) is 53.2 Å². The predicted octanol–water partition coefficient (Wildman–Crippen LogP) is 3.03. The van der Waals surface area contributed by atoms with Gasteiger partial charge >= 0.3 is 0 Å². The number of hydrogen-bond donors (Lipinski definition) is 1. The van der Waals surface area contributed by atoms with E-state index in [0.29, 0.717) is 6.04 Å². The van der Waals surface area contributed by atoms with Crippen LogP contribution in [0.4, 0.5) is 0 Å². The molecule has 23 heavy (non-hydrogen) atoms. The smallest absolute Gasteiger partial charge is 0.137 e. The largest absolute Gasteiger partial charge is 0.304 e. The lowest BCUT2D eigenvalue weighted by molar-refractivity contribution is 0.445. The lowest BCUT2D eigenvalue weighted by Gasteiger charge is -2.24. The minimum Gasteiger partial charge on any atom is -0.304 e. The standard InChI is InChI=1S/C18H23N5/c1-3-23-17-6-4-5-16(15(17)12-21-23)19-10-14-11-20-18-9-13(2)7-8-22(14)18/h7-9,11-12,16,19H,3-6,10H2,1-2H3/t16-/m1/s1. The molecule has 0 unspecified atom stereocenters. The van der Waals surface area contributed by atoms with Crippen LogP contribution < -0.4 is 5.32 Å². The second-order valence-electron chi connectivity index (χ2n) is 6.37. The summed E-state index contributed by atoms with van der Waals surface area (Å²) in [5, 5.41) is 8.24. The molecule has 0 aromatic carbocycles. The van der Waals surface area contributed by atoms with Gasteiger partial charge in [0.05, 0.1) is 18.1 Å². The Balaban J connectivity index is 1.54. The first-order valence-electron chi connectivity index (χ1n) is 8.47. The van der Waals surface area contributed by atoms with E-state index in [0.717, 1.165) is 25.2 Å². The lowest BCUT2D eigenvalue weighted by Crippen LogP contribution is -2.25. The molecule has 0 saturated heterocycles. The zero-order chi connectivity index (χ0) is 15.8. The first kappa shape index (κ1) is 14.5. The molecule has 0 spiro atoms. The van der Waals surface area contributed by atoms with Crippen molar-refractivity contribution in [3.63, 3.8) is 0 Å². The molecule has 4 rings (SSSR count). The third-order valence-corrected chi connectivity index (χ3v) is 4.84. The molecular formula is C18H23N5. The maximum atomic E-state index is 4.53. The molecule has 3 aromatic heterocycles. The summed E-state index contributed by atoms with van der Waals surface area (Å²) in [5.41, 5.74) is 6.25. The Hall–Kier alpha value is -2.14. The Morgan fingerprint density at radius 2 is 2.26 bits per heavy atom. The first-order chi connectivity index (χ1) is 11.3. The number of fused-ring (bicyclic) bond motifs is 2. The van der Waals surface area contributed by atoms with Crippen molar-refractivity contribution in [2.75, 3.05) is 0 Å². The third-order valence-electron chi connectivity index (χ3n) is 4.84. The van der Waals surface area contributed by atoms with Crippen molar-refractivity contribution in [2.24, 2.45) is 0 Å². The molecule has 0 saturated carbocycles. The van der Waals surface area contributed by atoms with Gasteiger partial charge in [0.15, 0.2) is 0 Å². The van der Waals surface area contributed by atoms with Crippen molar-refractivity contribution in [1.82, 2.24) is 24.5 Å². The van der Waals surface area contributed by atoms with Crippen molar-refractivity contribution in [2.45, 2.75) is 52.2 Å². The van der Waals surface area contributed by atoms with Gasteiger partial charge in [-0.1, -0.05) is 0 Å². The van der Waals surface area contributed by atoms with Crippen molar-refractivity contribution < 1.29 is 0 Å². The summed E-state index contributed by atoms with van der Waals surface area (Å²) in [6.45, 7) is 6.03. The molecule has 0 aliphatic heterocycles. The van der Waals surface area contributed by atoms with Gasteiger partial charge in [0, 0.05) is 36.6 Å². The quantitative estimate of drug-likeness (QED) is 0.806. The molecule has 120 valence electrons. The van der Waals surface area contributed by atoms with Crippen molar-refractivity contribution in [1.29, 1.82) is 0 Å². The van der Waals surface area contributed by atoms with E-state index in [-0.39, 0.29) is 0 Å². The molecule has 1 N–H and O–H groups in total. The van der Waals surface area contributed by atoms with Crippen LogP contribution in [-0.4, -0.2) is 19.2 Å². The monoisotopic (exact) mass is 309 g/mol. The number of nitrogens with one attached hydrogen (secondary N) is 1. The van der Waals surface area contributed by atoms with Gasteiger partial charge in [-0.25, -0.2) is 4.98 Å². The van der Waals surface area contributed by atoms with E-state index in [4.69, 9.17) is 0 Å². The van der Waals surface area contributed by atoms with Gasteiger partial charge in [-0.15, -0.1) is 0 Å². The van der Waals surface area contributed by atoms with Crippen LogP contribution in [0.2, 0.25) is 0 Å². The van der Waals surface area contributed by atoms with Crippen LogP contribution in [0.1, 0.15) is 48.3 Å². The van der Waals surface area contributed by atoms with Crippen LogP contribution in [0.15, 0.2) is 30.7 Å². The summed E-state index contributed by atoms with van der Waals surface area (Å²) >= 11 is 0. The maximum absolute atomic E-state index is 4.53. The number of hydrogen-bond acceptors (Lipinski definition) is 3. The molecule has 5 heteroatoms. The zero-order valence-electron chi connectivity index (χ0n) is 13.8. The van der Waals surface area contributed by atoms with Crippen LogP contribution in [0, 0.1) is 6.92 Å². The fourth-order valence-electron chi connectivity index (χ4n) is 3.60. The number of nitrogens with zero attached hydrogens (tertiary/aromatic N) is 4. The molecule has 0 fully saturated rings. The SMILES string of the molecule is CCn1ncc2c1CCC[C@H]2NCc1cnc2cc(C)ccn12. The van der Waals surface area contributed by atoms with E-state index in [2.05, 4.69) is 56.7 Å². The molecule has 0 amide bonds. The highest BCUT2D eigenvalue weighted by molar-refractivity contribution is 5.43. The highest BCUT2D eigenvalue weighted by Crippen LogP contribution is 2.29. The van der Waals surface area contributed by atoms with E-state index in [1.807, 2.05) is 12.4 Å². The van der Waals surface area contributed by atoms with E-state index in [9.17, 15) is 0 Å². The molecule has 3 heterocycles. The summed E-state index contributed by atoms with van der Waals surface area (Å²) in [6.07, 6.45) is 9.68. The van der Waals surface area contributed by atoms with Crippen LogP contribution in [0.3, 0.4) is 0 Å². The first-order valence-corrected chi connectivity index (χ1v) is 8.47. The average Bonchev–Trinajstić information content (AvgIpc) is 3.16. The summed E-state index contributed by atoms with van der Waals surface area (Å²) in [7, 11) is 0. The normalized spacial score (nSPS) is 17.6. The number of aryl methyl sites for hydroxylation is 2. The molecular weight excluding hydrogens is 286 g/mol. The summed E-state index contributed by atoms with van der Waals surface area (Å²) in [4.78, 5) is 4.51. The number of aromatic nitrogens is 4. The van der Waals surface area contributed by atoms with Crippen molar-refractivity contribution in [3.8, 4) is 0 Å². The van der Waals surface area contributed by atoms with Gasteiger partial charge in [-0.2, -0.15) is 5.10 Å². The highest BCUT2D eigenvalue weighted by Gasteiger charge is 2.23. The fourth-order valence-corrected chi connectivity index (χ4v) is 3.60. The molecule has 1 aliphatic rings. The van der Waals surface area contributed by atoms with Crippen LogP contribution in [0.5, 0.6) is 0 Å². The van der Waals surface area contributed by atoms with E-state index in [1.54, 1.807) is 0 Å². The summed E-state index contributed by atoms with van der Waals surface area (Å²) in [5.74, 6) is 0. The second-order valence-corrected chi connectivity index (χ2v) is 6.37. The number of imidazole rings is 1. The van der Waals surface area contributed by atoms with Gasteiger partial charge < -0.3 is 9.72 Å². The Morgan fingerprint density at radius 3 is 3.13 bits per heavy atom. The molecule has 3 aromatic rings. The Kier molecular flexibility index (Phi) is 3.65. The topological polar surface area (TPSA) is 47.2 Å². The lowest BCUT2D eigenvalue weighted by atomic mass is 9.93. The molecule has 5 nitrogen and oxygen atoms in total. The fraction of sp³-hybridized carbons (Fsp3) is 0.444. The Labute approximate surface area is 136 Å². The molecule has 1 aliphatic carbocycles. The van der Waals surface area contributed by atoms with Crippen LogP contribution in [-0.2, 0) is 19.5 Å². The van der Waals surface area contributed by atoms with Crippen LogP contribution in [0.25, 0.3) is 5.65 Å². The van der Waals surface area contributed by atoms with E-state index >= 15 is 0 Å². The van der Waals surface area contributed by atoms with E-state index in [1.165, 1.54) is 35.4 Å². The number of pyridine rings is 1. The summed E-state index contributed by atoms with van der Waals surface area (Å²) in [6, 6.07) is 4.64. The van der Waals surface area contributed by atoms with E-state index < -0.39 is 0 Å². The van der Waals surface area contributed by atoms with Gasteiger partial charge in [0.1, 0.15) is 5.65 Å². The zero-order valence-corrected chi connectivity index (χ0v) is 13.8. The predicted molar refractivity (Wildman–Crippen MR) is 90.3 cm³/mol. The third kappa shape index (κ3) is 2.55. The Morgan fingerprint density at radius 1 is 1.35 bits per heavy atom. The summed E-state index contributed by atoms with van der Waals surface area (Å²) < 4.78 is 4.30. The molecule has 0 radical (unpaired) electrons. The Bertz CT molecular complexity index is 829. The van der Waals surface area contributed by atoms with Gasteiger partial charge in [0.25, 0.3) is 0 Å². The minimum absolute atomic E-state index is 0.398. The molecule has 1 atom stereocenters. The second kappa shape index (κ2) is 5.81. The molecule has 0 bridgehead atoms. The van der Waals surface area contributed by atoms with Gasteiger partial charge in [-0.05, 0) is 50.8 Å². The highest BCUT2D eigenvalue weighted by atomic mass is 15.3. The minimum atomic E-state index is 0.398.